The average molecular weight is 328 g/mol. The molecule has 0 saturated carbocycles. The van der Waals surface area contributed by atoms with Crippen molar-refractivity contribution in [2.75, 3.05) is 0 Å². The van der Waals surface area contributed by atoms with Gasteiger partial charge in [-0.25, -0.2) is 9.18 Å². The van der Waals surface area contributed by atoms with Crippen molar-refractivity contribution in [3.8, 4) is 0 Å². The Morgan fingerprint density at radius 2 is 1.84 bits per heavy atom. The van der Waals surface area contributed by atoms with Crippen molar-refractivity contribution in [3.63, 3.8) is 0 Å². The first-order chi connectivity index (χ1) is 8.73. The molecular weight excluding hydrogens is 313 g/mol. The Balaban J connectivity index is 3.19. The molecule has 1 aromatic carbocycles. The van der Waals surface area contributed by atoms with Crippen LogP contribution in [0.25, 0.3) is 0 Å². The van der Waals surface area contributed by atoms with E-state index in [0.29, 0.717) is 6.42 Å². The number of ether oxygens (including phenoxy) is 1. The van der Waals surface area contributed by atoms with Crippen LogP contribution in [0.3, 0.4) is 0 Å². The first-order valence-corrected chi connectivity index (χ1v) is 6.89. The maximum Gasteiger partial charge on any atom is 0.353 e. The largest absolute Gasteiger partial charge is 0.460 e. The fourth-order valence-electron chi connectivity index (χ4n) is 1.41. The maximum atomic E-state index is 15.1. The standard InChI is InChI=1S/C13H14Cl3FO2/c1-3-9(2)19-11(18)12(17,13(14,15)16)10-7-5-4-6-8-10/h4-9H,3H2,1-2H3. The van der Waals surface area contributed by atoms with Gasteiger partial charge in [0.25, 0.3) is 5.67 Å². The number of esters is 1. The molecule has 0 spiro atoms. The highest BCUT2D eigenvalue weighted by Gasteiger charge is 2.58. The molecule has 2 nitrogen and oxygen atoms in total. The normalized spacial score (nSPS) is 16.5. The summed E-state index contributed by atoms with van der Waals surface area (Å²) in [6.07, 6.45) is 0.0786. The van der Waals surface area contributed by atoms with Crippen LogP contribution in [0.15, 0.2) is 30.3 Å². The van der Waals surface area contributed by atoms with Crippen LogP contribution >= 0.6 is 34.8 Å². The SMILES string of the molecule is CCC(C)OC(=O)C(F)(c1ccccc1)C(Cl)(Cl)Cl. The molecule has 0 radical (unpaired) electrons. The molecule has 2 atom stereocenters. The van der Waals surface area contributed by atoms with Crippen molar-refractivity contribution < 1.29 is 13.9 Å². The number of rotatable bonds is 4. The molecule has 6 heteroatoms. The molecule has 2 unspecified atom stereocenters. The molecule has 106 valence electrons. The van der Waals surface area contributed by atoms with Crippen LogP contribution in [0, 0.1) is 0 Å². The molecule has 1 rings (SSSR count). The number of hydrogen-bond acceptors (Lipinski definition) is 2. The number of carbonyl (C=O) groups is 1. The zero-order valence-corrected chi connectivity index (χ0v) is 12.8. The molecule has 0 fully saturated rings. The summed E-state index contributed by atoms with van der Waals surface area (Å²) >= 11 is 17.0. The first-order valence-electron chi connectivity index (χ1n) is 5.75. The van der Waals surface area contributed by atoms with Gasteiger partial charge in [-0.2, -0.15) is 0 Å². The minimum atomic E-state index is -2.84. The van der Waals surface area contributed by atoms with E-state index in [4.69, 9.17) is 39.5 Å². The van der Waals surface area contributed by atoms with Crippen LogP contribution in [0.4, 0.5) is 4.39 Å². The van der Waals surface area contributed by atoms with E-state index in [1.807, 2.05) is 0 Å². The minimum Gasteiger partial charge on any atom is -0.460 e. The second kappa shape index (κ2) is 6.29. The van der Waals surface area contributed by atoms with Crippen LogP contribution in [0.2, 0.25) is 0 Å². The quantitative estimate of drug-likeness (QED) is 0.598. The lowest BCUT2D eigenvalue weighted by Crippen LogP contribution is -2.45. The Morgan fingerprint density at radius 3 is 2.26 bits per heavy atom. The summed E-state index contributed by atoms with van der Waals surface area (Å²) in [6, 6.07) is 7.52. The van der Waals surface area contributed by atoms with Gasteiger partial charge in [0.2, 0.25) is 3.79 Å². The van der Waals surface area contributed by atoms with Crippen molar-refractivity contribution >= 4 is 40.8 Å². The van der Waals surface area contributed by atoms with E-state index in [-0.39, 0.29) is 5.56 Å². The van der Waals surface area contributed by atoms with Crippen molar-refractivity contribution in [1.82, 2.24) is 0 Å². The fourth-order valence-corrected chi connectivity index (χ4v) is 1.97. The van der Waals surface area contributed by atoms with Gasteiger partial charge in [-0.05, 0) is 13.3 Å². The summed E-state index contributed by atoms with van der Waals surface area (Å²) in [5.74, 6) is -1.20. The van der Waals surface area contributed by atoms with E-state index >= 15 is 4.39 Å². The lowest BCUT2D eigenvalue weighted by molar-refractivity contribution is -0.163. The Hall–Kier alpha value is -0.510. The topological polar surface area (TPSA) is 26.3 Å². The van der Waals surface area contributed by atoms with Gasteiger partial charge in [0, 0.05) is 5.56 Å². The third-order valence-electron chi connectivity index (χ3n) is 2.73. The Morgan fingerprint density at radius 1 is 1.32 bits per heavy atom. The third kappa shape index (κ3) is 3.53. The van der Waals surface area contributed by atoms with E-state index in [2.05, 4.69) is 0 Å². The van der Waals surface area contributed by atoms with Crippen molar-refractivity contribution in [2.45, 2.75) is 35.8 Å². The van der Waals surface area contributed by atoms with Crippen molar-refractivity contribution in [1.29, 1.82) is 0 Å². The van der Waals surface area contributed by atoms with E-state index < -0.39 is 21.5 Å². The predicted octanol–water partition coefficient (Wildman–Crippen LogP) is 4.56. The first kappa shape index (κ1) is 16.5. The molecule has 0 N–H and O–H groups in total. The number of hydrogen-bond donors (Lipinski definition) is 0. The molecule has 19 heavy (non-hydrogen) atoms. The zero-order chi connectivity index (χ0) is 14.7. The maximum absolute atomic E-state index is 15.1. The summed E-state index contributed by atoms with van der Waals surface area (Å²) in [5, 5.41) is 0. The fraction of sp³-hybridized carbons (Fsp3) is 0.462. The Bertz CT molecular complexity index is 433. The highest BCUT2D eigenvalue weighted by molar-refractivity contribution is 6.69. The molecule has 0 aliphatic heterocycles. The summed E-state index contributed by atoms with van der Waals surface area (Å²) in [7, 11) is 0. The highest BCUT2D eigenvalue weighted by Crippen LogP contribution is 2.49. The number of carbonyl (C=O) groups excluding carboxylic acids is 1. The van der Waals surface area contributed by atoms with Gasteiger partial charge >= 0.3 is 5.97 Å². The zero-order valence-electron chi connectivity index (χ0n) is 10.5. The third-order valence-corrected chi connectivity index (χ3v) is 3.51. The van der Waals surface area contributed by atoms with E-state index in [0.717, 1.165) is 0 Å². The second-order valence-electron chi connectivity index (χ2n) is 4.15. The summed E-state index contributed by atoms with van der Waals surface area (Å²) in [5.41, 5.74) is -2.90. The van der Waals surface area contributed by atoms with E-state index in [1.165, 1.54) is 12.1 Å². The van der Waals surface area contributed by atoms with Gasteiger partial charge in [0.1, 0.15) is 0 Å². The molecule has 0 amide bonds. The van der Waals surface area contributed by atoms with Crippen LogP contribution in [0.5, 0.6) is 0 Å². The van der Waals surface area contributed by atoms with Crippen LogP contribution in [-0.2, 0) is 15.2 Å². The van der Waals surface area contributed by atoms with Gasteiger partial charge in [-0.15, -0.1) is 0 Å². The second-order valence-corrected chi connectivity index (χ2v) is 6.43. The summed E-state index contributed by atoms with van der Waals surface area (Å²) in [4.78, 5) is 12.0. The number of alkyl halides is 4. The highest BCUT2D eigenvalue weighted by atomic mass is 35.6. The molecule has 1 aromatic rings. The number of halogens is 4. The molecular formula is C13H14Cl3FO2. The molecule has 0 saturated heterocycles. The minimum absolute atomic E-state index is 0.0525. The number of benzene rings is 1. The van der Waals surface area contributed by atoms with Crippen molar-refractivity contribution in [2.24, 2.45) is 0 Å². The van der Waals surface area contributed by atoms with Gasteiger partial charge in [0.05, 0.1) is 6.10 Å². The molecule has 0 bridgehead atoms. The molecule has 0 aliphatic carbocycles. The predicted molar refractivity (Wildman–Crippen MR) is 75.4 cm³/mol. The Labute approximate surface area is 126 Å². The van der Waals surface area contributed by atoms with Gasteiger partial charge < -0.3 is 4.74 Å². The van der Waals surface area contributed by atoms with Crippen molar-refractivity contribution in [3.05, 3.63) is 35.9 Å². The van der Waals surface area contributed by atoms with Gasteiger partial charge in [-0.3, -0.25) is 0 Å². The average Bonchev–Trinajstić information content (AvgIpc) is 2.37. The lowest BCUT2D eigenvalue weighted by atomic mass is 9.97. The van der Waals surface area contributed by atoms with Crippen LogP contribution < -0.4 is 0 Å². The lowest BCUT2D eigenvalue weighted by Gasteiger charge is -2.31. The summed E-state index contributed by atoms with van der Waals surface area (Å²) in [6.45, 7) is 3.44. The smallest absolute Gasteiger partial charge is 0.353 e. The Kier molecular flexibility index (Phi) is 5.48. The molecule has 0 aliphatic rings. The van der Waals surface area contributed by atoms with Gasteiger partial charge in [-0.1, -0.05) is 72.1 Å². The molecule has 0 aromatic heterocycles. The van der Waals surface area contributed by atoms with E-state index in [1.54, 1.807) is 32.0 Å². The van der Waals surface area contributed by atoms with Gasteiger partial charge in [0.15, 0.2) is 0 Å². The summed E-state index contributed by atoms with van der Waals surface area (Å²) < 4.78 is 17.6. The van der Waals surface area contributed by atoms with E-state index in [9.17, 15) is 4.79 Å². The van der Waals surface area contributed by atoms with Crippen LogP contribution in [0.1, 0.15) is 25.8 Å². The van der Waals surface area contributed by atoms with Crippen LogP contribution in [-0.4, -0.2) is 15.9 Å². The molecule has 0 heterocycles. The monoisotopic (exact) mass is 326 g/mol.